The van der Waals surface area contributed by atoms with Gasteiger partial charge in [-0.2, -0.15) is 0 Å². The first kappa shape index (κ1) is 12.6. The molecule has 0 spiro atoms. The fourth-order valence-electron chi connectivity index (χ4n) is 2.39. The molecule has 0 atom stereocenters. The first-order valence-electron chi connectivity index (χ1n) is 6.48. The zero-order valence-electron chi connectivity index (χ0n) is 10.6. The number of nitrogens with zero attached hydrogens (tertiary/aromatic N) is 2. The molecule has 1 N–H and O–H groups in total. The smallest absolute Gasteiger partial charge is 0.137 e. The molecule has 0 unspecified atom stereocenters. The molecule has 1 aromatic rings. The van der Waals surface area contributed by atoms with E-state index in [4.69, 9.17) is 11.6 Å². The number of nitrogens with one attached hydrogen (secondary N) is 1. The molecule has 1 aromatic heterocycles. The van der Waals surface area contributed by atoms with Crippen molar-refractivity contribution < 1.29 is 0 Å². The Balaban J connectivity index is 2.22. The first-order valence-corrected chi connectivity index (χ1v) is 6.86. The molecule has 1 fully saturated rings. The van der Waals surface area contributed by atoms with Crippen LogP contribution in [-0.2, 0) is 6.42 Å². The van der Waals surface area contributed by atoms with Crippen LogP contribution in [0.25, 0.3) is 0 Å². The quantitative estimate of drug-likeness (QED) is 0.811. The third kappa shape index (κ3) is 2.54. The van der Waals surface area contributed by atoms with Gasteiger partial charge in [0.15, 0.2) is 0 Å². The molecule has 0 bridgehead atoms. The van der Waals surface area contributed by atoms with Gasteiger partial charge < -0.3 is 5.32 Å². The first-order chi connectivity index (χ1) is 8.21. The highest BCUT2D eigenvalue weighted by Gasteiger charge is 2.35. The normalized spacial score (nSPS) is 17.6. The summed E-state index contributed by atoms with van der Waals surface area (Å²) in [6.45, 7) is 4.38. The third-order valence-electron chi connectivity index (χ3n) is 3.76. The molecule has 1 heterocycles. The minimum atomic E-state index is 0.250. The van der Waals surface area contributed by atoms with Gasteiger partial charge in [0.25, 0.3) is 0 Å². The summed E-state index contributed by atoms with van der Waals surface area (Å²) in [7, 11) is 0. The van der Waals surface area contributed by atoms with E-state index in [9.17, 15) is 0 Å². The molecule has 0 aliphatic heterocycles. The Hall–Kier alpha value is -0.830. The highest BCUT2D eigenvalue weighted by Crippen LogP contribution is 2.38. The van der Waals surface area contributed by atoms with Gasteiger partial charge in [-0.05, 0) is 32.1 Å². The maximum absolute atomic E-state index is 6.15. The zero-order valence-corrected chi connectivity index (χ0v) is 11.3. The Morgan fingerprint density at radius 3 is 2.65 bits per heavy atom. The van der Waals surface area contributed by atoms with E-state index >= 15 is 0 Å². The van der Waals surface area contributed by atoms with Crippen LogP contribution in [0.4, 0.5) is 5.82 Å². The predicted molar refractivity (Wildman–Crippen MR) is 71.5 cm³/mol. The summed E-state index contributed by atoms with van der Waals surface area (Å²) in [5, 5.41) is 4.19. The monoisotopic (exact) mass is 253 g/mol. The van der Waals surface area contributed by atoms with Crippen LogP contribution in [-0.4, -0.2) is 15.5 Å². The van der Waals surface area contributed by atoms with Crippen molar-refractivity contribution in [1.29, 1.82) is 0 Å². The molecule has 0 aromatic carbocycles. The third-order valence-corrected chi connectivity index (χ3v) is 4.09. The molecular formula is C13H20ClN3. The second-order valence-electron chi connectivity index (χ2n) is 4.85. The minimum absolute atomic E-state index is 0.250. The minimum Gasteiger partial charge on any atom is -0.364 e. The van der Waals surface area contributed by atoms with E-state index in [0.29, 0.717) is 5.15 Å². The number of hydrogen-bond acceptors (Lipinski definition) is 3. The average Bonchev–Trinajstić information content (AvgIpc) is 2.28. The van der Waals surface area contributed by atoms with Gasteiger partial charge in [0.05, 0.1) is 0 Å². The lowest BCUT2D eigenvalue weighted by atomic mass is 9.75. The van der Waals surface area contributed by atoms with E-state index in [1.165, 1.54) is 19.3 Å². The summed E-state index contributed by atoms with van der Waals surface area (Å²) in [5.74, 6) is 0.938. The lowest BCUT2D eigenvalue weighted by molar-refractivity contribution is 0.268. The number of aromatic nitrogens is 2. The fourth-order valence-corrected chi connectivity index (χ4v) is 2.62. The van der Waals surface area contributed by atoms with Gasteiger partial charge in [0, 0.05) is 11.1 Å². The average molecular weight is 254 g/mol. The SMILES string of the molecule is CCCc1c(Cl)ncnc1NC1(CC)CCC1. The summed E-state index contributed by atoms with van der Waals surface area (Å²) in [4.78, 5) is 8.44. The van der Waals surface area contributed by atoms with E-state index < -0.39 is 0 Å². The lowest BCUT2D eigenvalue weighted by Gasteiger charge is -2.42. The maximum atomic E-state index is 6.15. The van der Waals surface area contributed by atoms with Gasteiger partial charge >= 0.3 is 0 Å². The van der Waals surface area contributed by atoms with Crippen molar-refractivity contribution in [2.24, 2.45) is 0 Å². The Morgan fingerprint density at radius 1 is 1.35 bits per heavy atom. The zero-order chi connectivity index (χ0) is 12.3. The van der Waals surface area contributed by atoms with Crippen LogP contribution in [0.2, 0.25) is 5.15 Å². The molecule has 1 aliphatic carbocycles. The van der Waals surface area contributed by atoms with Gasteiger partial charge in [-0.25, -0.2) is 9.97 Å². The molecule has 4 heteroatoms. The van der Waals surface area contributed by atoms with Gasteiger partial charge in [-0.1, -0.05) is 31.9 Å². The Morgan fingerprint density at radius 2 is 2.12 bits per heavy atom. The molecule has 2 rings (SSSR count). The van der Waals surface area contributed by atoms with Gasteiger partial charge in [-0.15, -0.1) is 0 Å². The maximum Gasteiger partial charge on any atom is 0.137 e. The predicted octanol–water partition coefficient (Wildman–Crippen LogP) is 3.83. The van der Waals surface area contributed by atoms with Gasteiger partial charge in [0.2, 0.25) is 0 Å². The molecule has 1 aliphatic rings. The summed E-state index contributed by atoms with van der Waals surface area (Å²) >= 11 is 6.15. The number of halogens is 1. The molecule has 0 saturated heterocycles. The number of hydrogen-bond donors (Lipinski definition) is 1. The van der Waals surface area contributed by atoms with Crippen LogP contribution < -0.4 is 5.32 Å². The molecule has 94 valence electrons. The number of anilines is 1. The largest absolute Gasteiger partial charge is 0.364 e. The van der Waals surface area contributed by atoms with E-state index in [2.05, 4.69) is 29.1 Å². The van der Waals surface area contributed by atoms with Crippen molar-refractivity contribution in [3.8, 4) is 0 Å². The molecule has 0 amide bonds. The van der Waals surface area contributed by atoms with Gasteiger partial charge in [0.1, 0.15) is 17.3 Å². The Kier molecular flexibility index (Phi) is 3.87. The van der Waals surface area contributed by atoms with Crippen molar-refractivity contribution in [1.82, 2.24) is 9.97 Å². The highest BCUT2D eigenvalue weighted by molar-refractivity contribution is 6.30. The fraction of sp³-hybridized carbons (Fsp3) is 0.692. The van der Waals surface area contributed by atoms with E-state index in [-0.39, 0.29) is 5.54 Å². The van der Waals surface area contributed by atoms with Gasteiger partial charge in [-0.3, -0.25) is 0 Å². The lowest BCUT2D eigenvalue weighted by Crippen LogP contribution is -2.44. The standard InChI is InChI=1S/C13H20ClN3/c1-3-6-10-11(14)15-9-16-12(10)17-13(4-2)7-5-8-13/h9H,3-8H2,1-2H3,(H,15,16,17). The van der Waals surface area contributed by atoms with Crippen LogP contribution in [0, 0.1) is 0 Å². The van der Waals surface area contributed by atoms with Crippen molar-refractivity contribution in [2.75, 3.05) is 5.32 Å². The van der Waals surface area contributed by atoms with Crippen molar-refractivity contribution in [3.63, 3.8) is 0 Å². The summed E-state index contributed by atoms with van der Waals surface area (Å²) < 4.78 is 0. The Bertz CT molecular complexity index is 383. The second-order valence-corrected chi connectivity index (χ2v) is 5.21. The summed E-state index contributed by atoms with van der Waals surface area (Å²) in [6, 6.07) is 0. The molecule has 0 radical (unpaired) electrons. The van der Waals surface area contributed by atoms with Crippen molar-refractivity contribution >= 4 is 17.4 Å². The molecule has 17 heavy (non-hydrogen) atoms. The molecular weight excluding hydrogens is 234 g/mol. The van der Waals surface area contributed by atoms with E-state index in [1.807, 2.05) is 0 Å². The van der Waals surface area contributed by atoms with Crippen LogP contribution in [0.3, 0.4) is 0 Å². The molecule has 3 nitrogen and oxygen atoms in total. The number of rotatable bonds is 5. The summed E-state index contributed by atoms with van der Waals surface area (Å²) in [6.07, 6.45) is 8.45. The highest BCUT2D eigenvalue weighted by atomic mass is 35.5. The van der Waals surface area contributed by atoms with Crippen LogP contribution in [0.1, 0.15) is 51.5 Å². The molecule has 1 saturated carbocycles. The van der Waals surface area contributed by atoms with Crippen molar-refractivity contribution in [2.45, 2.75) is 57.9 Å². The van der Waals surface area contributed by atoms with Crippen molar-refractivity contribution in [3.05, 3.63) is 17.0 Å². The van der Waals surface area contributed by atoms with Crippen LogP contribution >= 0.6 is 11.6 Å². The second kappa shape index (κ2) is 5.21. The summed E-state index contributed by atoms with van der Waals surface area (Å²) in [5.41, 5.74) is 1.32. The van der Waals surface area contributed by atoms with E-state index in [0.717, 1.165) is 30.6 Å². The Labute approximate surface area is 108 Å². The topological polar surface area (TPSA) is 37.8 Å². The van der Waals surface area contributed by atoms with Crippen LogP contribution in [0.5, 0.6) is 0 Å². The van der Waals surface area contributed by atoms with E-state index in [1.54, 1.807) is 6.33 Å². The van der Waals surface area contributed by atoms with Crippen LogP contribution in [0.15, 0.2) is 6.33 Å².